The van der Waals surface area contributed by atoms with Gasteiger partial charge >= 0.3 is 6.61 Å². The van der Waals surface area contributed by atoms with E-state index in [1.165, 1.54) is 18.2 Å². The van der Waals surface area contributed by atoms with Gasteiger partial charge in [-0.15, -0.1) is 0 Å². The van der Waals surface area contributed by atoms with E-state index in [1.54, 1.807) is 13.8 Å². The van der Waals surface area contributed by atoms with Crippen molar-refractivity contribution in [2.45, 2.75) is 26.9 Å². The Labute approximate surface area is 86.9 Å². The van der Waals surface area contributed by atoms with Gasteiger partial charge in [0.1, 0.15) is 5.75 Å². The zero-order valence-electron chi connectivity index (χ0n) is 8.59. The molecule has 0 amide bonds. The summed E-state index contributed by atoms with van der Waals surface area (Å²) in [6.45, 7) is 0.615. The third kappa shape index (κ3) is 3.01. The van der Waals surface area contributed by atoms with Crippen LogP contribution in [0.4, 0.5) is 8.78 Å². The lowest BCUT2D eigenvalue weighted by Crippen LogP contribution is -2.04. The van der Waals surface area contributed by atoms with Crippen LogP contribution in [-0.2, 0) is 0 Å². The van der Waals surface area contributed by atoms with Crippen molar-refractivity contribution in [2.75, 3.05) is 0 Å². The van der Waals surface area contributed by atoms with Crippen molar-refractivity contribution in [3.63, 3.8) is 0 Å². The van der Waals surface area contributed by atoms with Crippen molar-refractivity contribution >= 4 is 5.78 Å². The highest BCUT2D eigenvalue weighted by molar-refractivity contribution is 5.97. The third-order valence-corrected chi connectivity index (χ3v) is 2.04. The Balaban J connectivity index is 2.93. The smallest absolute Gasteiger partial charge is 0.387 e. The lowest BCUT2D eigenvalue weighted by atomic mass is 10.0. The van der Waals surface area contributed by atoms with E-state index in [9.17, 15) is 13.6 Å². The number of hydrogen-bond acceptors (Lipinski definition) is 2. The molecule has 0 aliphatic rings. The molecular formula is C11H12F2O2. The quantitative estimate of drug-likeness (QED) is 0.719. The summed E-state index contributed by atoms with van der Waals surface area (Å²) in [4.78, 5) is 11.4. The first kappa shape index (κ1) is 11.6. The molecule has 0 aliphatic heterocycles. The topological polar surface area (TPSA) is 26.3 Å². The van der Waals surface area contributed by atoms with Gasteiger partial charge in [0.05, 0.1) is 0 Å². The Hall–Kier alpha value is -1.45. The van der Waals surface area contributed by atoms with E-state index in [0.29, 0.717) is 17.5 Å². The van der Waals surface area contributed by atoms with Crippen LogP contribution in [0.1, 0.15) is 29.3 Å². The van der Waals surface area contributed by atoms with E-state index < -0.39 is 6.61 Å². The molecule has 0 heterocycles. The van der Waals surface area contributed by atoms with Crippen LogP contribution in [0.5, 0.6) is 5.75 Å². The van der Waals surface area contributed by atoms with Crippen molar-refractivity contribution in [3.05, 3.63) is 29.3 Å². The first-order valence-electron chi connectivity index (χ1n) is 4.63. The number of halogens is 2. The van der Waals surface area contributed by atoms with Gasteiger partial charge < -0.3 is 4.74 Å². The van der Waals surface area contributed by atoms with Gasteiger partial charge in [-0.1, -0.05) is 6.92 Å². The molecule has 0 atom stereocenters. The standard InChI is InChI=1S/C11H12F2O2/c1-3-10(14)9-5-4-8(6-7(9)2)15-11(12)13/h4-6,11H,3H2,1-2H3. The molecule has 0 aromatic heterocycles. The molecule has 1 aromatic carbocycles. The number of aryl methyl sites for hydroxylation is 1. The molecule has 0 saturated carbocycles. The number of alkyl halides is 2. The van der Waals surface area contributed by atoms with Crippen molar-refractivity contribution in [3.8, 4) is 5.75 Å². The fraction of sp³-hybridized carbons (Fsp3) is 0.364. The van der Waals surface area contributed by atoms with Gasteiger partial charge in [0.15, 0.2) is 5.78 Å². The molecule has 2 nitrogen and oxygen atoms in total. The highest BCUT2D eigenvalue weighted by atomic mass is 19.3. The Morgan fingerprint density at radius 1 is 1.47 bits per heavy atom. The third-order valence-electron chi connectivity index (χ3n) is 2.04. The fourth-order valence-electron chi connectivity index (χ4n) is 1.32. The number of carbonyl (C=O) groups is 1. The molecule has 15 heavy (non-hydrogen) atoms. The normalized spacial score (nSPS) is 10.5. The van der Waals surface area contributed by atoms with Crippen LogP contribution < -0.4 is 4.74 Å². The lowest BCUT2D eigenvalue weighted by Gasteiger charge is -2.07. The molecule has 0 spiro atoms. The summed E-state index contributed by atoms with van der Waals surface area (Å²) in [6, 6.07) is 4.33. The van der Waals surface area contributed by atoms with Crippen molar-refractivity contribution in [2.24, 2.45) is 0 Å². The van der Waals surface area contributed by atoms with Crippen LogP contribution in [0, 0.1) is 6.92 Å². The van der Waals surface area contributed by atoms with E-state index in [-0.39, 0.29) is 11.5 Å². The van der Waals surface area contributed by atoms with Crippen molar-refractivity contribution < 1.29 is 18.3 Å². The van der Waals surface area contributed by atoms with Crippen LogP contribution >= 0.6 is 0 Å². The summed E-state index contributed by atoms with van der Waals surface area (Å²) in [5.74, 6) is 0.0752. The van der Waals surface area contributed by atoms with Gasteiger partial charge in [-0.2, -0.15) is 8.78 Å². The van der Waals surface area contributed by atoms with Crippen LogP contribution in [0.15, 0.2) is 18.2 Å². The number of ether oxygens (including phenoxy) is 1. The van der Waals surface area contributed by atoms with E-state index in [2.05, 4.69) is 4.74 Å². The molecule has 1 aromatic rings. The van der Waals surface area contributed by atoms with Crippen molar-refractivity contribution in [1.82, 2.24) is 0 Å². The summed E-state index contributed by atoms with van der Waals surface area (Å²) in [5, 5.41) is 0. The molecule has 0 unspecified atom stereocenters. The van der Waals surface area contributed by atoms with Crippen molar-refractivity contribution in [1.29, 1.82) is 0 Å². The van der Waals surface area contributed by atoms with Crippen LogP contribution in [0.3, 0.4) is 0 Å². The highest BCUT2D eigenvalue weighted by Crippen LogP contribution is 2.20. The Bertz CT molecular complexity index is 362. The first-order chi connectivity index (χ1) is 7.04. The summed E-state index contributed by atoms with van der Waals surface area (Å²) in [7, 11) is 0. The van der Waals surface area contributed by atoms with Gasteiger partial charge in [-0.3, -0.25) is 4.79 Å². The second-order valence-electron chi connectivity index (χ2n) is 3.13. The zero-order chi connectivity index (χ0) is 11.4. The summed E-state index contributed by atoms with van der Waals surface area (Å²) in [5.41, 5.74) is 1.21. The largest absolute Gasteiger partial charge is 0.435 e. The molecule has 82 valence electrons. The molecule has 0 aliphatic carbocycles. The van der Waals surface area contributed by atoms with E-state index in [0.717, 1.165) is 0 Å². The number of carbonyl (C=O) groups excluding carboxylic acids is 1. The maximum Gasteiger partial charge on any atom is 0.387 e. The monoisotopic (exact) mass is 214 g/mol. The maximum atomic E-state index is 11.9. The molecule has 1 rings (SSSR count). The fourth-order valence-corrected chi connectivity index (χ4v) is 1.32. The Morgan fingerprint density at radius 2 is 2.13 bits per heavy atom. The Kier molecular flexibility index (Phi) is 3.77. The number of hydrogen-bond donors (Lipinski definition) is 0. The Morgan fingerprint density at radius 3 is 2.60 bits per heavy atom. The second kappa shape index (κ2) is 4.87. The average Bonchev–Trinajstić information content (AvgIpc) is 2.16. The zero-order valence-corrected chi connectivity index (χ0v) is 8.59. The van der Waals surface area contributed by atoms with Gasteiger partial charge in [0.25, 0.3) is 0 Å². The minimum Gasteiger partial charge on any atom is -0.435 e. The van der Waals surface area contributed by atoms with E-state index >= 15 is 0 Å². The molecule has 4 heteroatoms. The van der Waals surface area contributed by atoms with Crippen LogP contribution in [0.25, 0.3) is 0 Å². The minimum absolute atomic E-state index is 0.00361. The van der Waals surface area contributed by atoms with Gasteiger partial charge in [-0.25, -0.2) is 0 Å². The number of rotatable bonds is 4. The molecule has 0 saturated heterocycles. The number of ketones is 1. The molecule has 0 radical (unpaired) electrons. The summed E-state index contributed by atoms with van der Waals surface area (Å²) < 4.78 is 28.0. The highest BCUT2D eigenvalue weighted by Gasteiger charge is 2.09. The van der Waals surface area contributed by atoms with Gasteiger partial charge in [0.2, 0.25) is 0 Å². The number of Topliss-reactive ketones (excluding diaryl/α,β-unsaturated/α-hetero) is 1. The van der Waals surface area contributed by atoms with Gasteiger partial charge in [0, 0.05) is 12.0 Å². The van der Waals surface area contributed by atoms with Gasteiger partial charge in [-0.05, 0) is 30.7 Å². The van der Waals surface area contributed by atoms with E-state index in [1.807, 2.05) is 0 Å². The predicted molar refractivity (Wildman–Crippen MR) is 52.4 cm³/mol. The molecule has 0 N–H and O–H groups in total. The second-order valence-corrected chi connectivity index (χ2v) is 3.13. The molecule has 0 bridgehead atoms. The molecular weight excluding hydrogens is 202 g/mol. The van der Waals surface area contributed by atoms with Crippen LogP contribution in [-0.4, -0.2) is 12.4 Å². The molecule has 0 fully saturated rings. The van der Waals surface area contributed by atoms with E-state index in [4.69, 9.17) is 0 Å². The predicted octanol–water partition coefficient (Wildman–Crippen LogP) is 3.19. The number of benzene rings is 1. The lowest BCUT2D eigenvalue weighted by molar-refractivity contribution is -0.0498. The SMILES string of the molecule is CCC(=O)c1ccc(OC(F)F)cc1C. The first-order valence-corrected chi connectivity index (χ1v) is 4.63. The maximum absolute atomic E-state index is 11.9. The minimum atomic E-state index is -2.84. The summed E-state index contributed by atoms with van der Waals surface area (Å²) in [6.07, 6.45) is 0.399. The average molecular weight is 214 g/mol. The summed E-state index contributed by atoms with van der Waals surface area (Å²) >= 11 is 0. The van der Waals surface area contributed by atoms with Crippen LogP contribution in [0.2, 0.25) is 0 Å².